The molecule has 3 aromatic rings. The largest absolute Gasteiger partial charge is 0.450 e. The Morgan fingerprint density at radius 1 is 1.09 bits per heavy atom. The average Bonchev–Trinajstić information content (AvgIpc) is 3.32. The van der Waals surface area contributed by atoms with Crippen LogP contribution < -0.4 is 4.90 Å². The van der Waals surface area contributed by atoms with Crippen molar-refractivity contribution in [1.82, 2.24) is 14.9 Å². The molecule has 1 saturated heterocycles. The molecule has 0 aliphatic carbocycles. The van der Waals surface area contributed by atoms with Gasteiger partial charge in [-0.1, -0.05) is 24.3 Å². The van der Waals surface area contributed by atoms with E-state index in [0.717, 1.165) is 54.1 Å². The lowest BCUT2D eigenvalue weighted by Gasteiger charge is -2.23. The van der Waals surface area contributed by atoms with Crippen molar-refractivity contribution in [2.45, 2.75) is 12.5 Å². The third-order valence-corrected chi connectivity index (χ3v) is 4.97. The lowest BCUT2D eigenvalue weighted by atomic mass is 10.2. The van der Waals surface area contributed by atoms with Gasteiger partial charge in [-0.05, 0) is 18.6 Å². The summed E-state index contributed by atoms with van der Waals surface area (Å²) in [4.78, 5) is 13.8. The highest BCUT2D eigenvalue weighted by atomic mass is 16.3. The fourth-order valence-corrected chi connectivity index (χ4v) is 3.76. The van der Waals surface area contributed by atoms with Crippen molar-refractivity contribution >= 4 is 27.9 Å². The highest BCUT2D eigenvalue weighted by Gasteiger charge is 2.30. The van der Waals surface area contributed by atoms with Gasteiger partial charge in [0.25, 0.3) is 0 Å². The first-order valence-electron chi connectivity index (χ1n) is 8.16. The van der Waals surface area contributed by atoms with Crippen molar-refractivity contribution in [3.05, 3.63) is 42.7 Å². The molecule has 4 heterocycles. The Morgan fingerprint density at radius 2 is 1.96 bits per heavy atom. The number of hydrogen-bond donors (Lipinski definition) is 0. The minimum absolute atomic E-state index is 0.597. The van der Waals surface area contributed by atoms with Gasteiger partial charge in [0.1, 0.15) is 17.4 Å². The van der Waals surface area contributed by atoms with Gasteiger partial charge in [-0.3, -0.25) is 4.90 Å². The third kappa shape index (κ3) is 2.04. The molecule has 1 fully saturated rings. The summed E-state index contributed by atoms with van der Waals surface area (Å²) in [5.74, 6) is 0.931. The maximum absolute atomic E-state index is 6.06. The van der Waals surface area contributed by atoms with Crippen molar-refractivity contribution in [1.29, 1.82) is 0 Å². The van der Waals surface area contributed by atoms with Gasteiger partial charge in [0.15, 0.2) is 11.4 Å². The van der Waals surface area contributed by atoms with Crippen LogP contribution in [-0.4, -0.2) is 47.1 Å². The fourth-order valence-electron chi connectivity index (χ4n) is 3.76. The molecule has 1 aromatic carbocycles. The van der Waals surface area contributed by atoms with Crippen LogP contribution >= 0.6 is 0 Å². The van der Waals surface area contributed by atoms with E-state index in [9.17, 15) is 0 Å². The minimum atomic E-state index is 0.597. The average molecular weight is 306 g/mol. The zero-order valence-corrected chi connectivity index (χ0v) is 12.9. The normalized spacial score (nSPS) is 21.9. The van der Waals surface area contributed by atoms with Gasteiger partial charge in [-0.25, -0.2) is 9.97 Å². The highest BCUT2D eigenvalue weighted by Crippen LogP contribution is 2.33. The molecule has 0 radical (unpaired) electrons. The highest BCUT2D eigenvalue weighted by molar-refractivity contribution is 6.05. The van der Waals surface area contributed by atoms with Crippen LogP contribution in [-0.2, 0) is 0 Å². The van der Waals surface area contributed by atoms with Crippen molar-refractivity contribution in [3.63, 3.8) is 0 Å². The van der Waals surface area contributed by atoms with Crippen molar-refractivity contribution in [3.8, 4) is 0 Å². The number of aromatic nitrogens is 2. The Kier molecular flexibility index (Phi) is 2.88. The number of rotatable bonds is 2. The minimum Gasteiger partial charge on any atom is -0.450 e. The monoisotopic (exact) mass is 306 g/mol. The van der Waals surface area contributed by atoms with Gasteiger partial charge >= 0.3 is 0 Å². The van der Waals surface area contributed by atoms with E-state index >= 15 is 0 Å². The fraction of sp³-hybridized carbons (Fsp3) is 0.333. The van der Waals surface area contributed by atoms with Gasteiger partial charge in [0.05, 0.1) is 0 Å². The molecule has 23 heavy (non-hydrogen) atoms. The van der Waals surface area contributed by atoms with Crippen LogP contribution in [0.1, 0.15) is 6.42 Å². The summed E-state index contributed by atoms with van der Waals surface area (Å²) in [5, 5.41) is 1.06. The molecular formula is C18H18N4O. The summed E-state index contributed by atoms with van der Waals surface area (Å²) in [5.41, 5.74) is 2.61. The SMILES string of the molecule is C1=CCN([C@@H]2CCN(c3ncnc4c3oc3ccccc34)C2)C1. The second kappa shape index (κ2) is 5.06. The molecule has 5 nitrogen and oxygen atoms in total. The Hall–Kier alpha value is -2.40. The topological polar surface area (TPSA) is 45.4 Å². The van der Waals surface area contributed by atoms with E-state index < -0.39 is 0 Å². The molecule has 2 aromatic heterocycles. The Balaban J connectivity index is 1.53. The van der Waals surface area contributed by atoms with E-state index in [-0.39, 0.29) is 0 Å². The maximum atomic E-state index is 6.06. The van der Waals surface area contributed by atoms with Crippen LogP contribution in [0.15, 0.2) is 47.2 Å². The number of para-hydroxylation sites is 1. The van der Waals surface area contributed by atoms with Crippen molar-refractivity contribution in [2.24, 2.45) is 0 Å². The van der Waals surface area contributed by atoms with Gasteiger partial charge in [-0.15, -0.1) is 0 Å². The molecule has 5 rings (SSSR count). The molecule has 0 N–H and O–H groups in total. The van der Waals surface area contributed by atoms with Crippen LogP contribution in [0.3, 0.4) is 0 Å². The second-order valence-corrected chi connectivity index (χ2v) is 6.29. The summed E-state index contributed by atoms with van der Waals surface area (Å²) in [6.07, 6.45) is 7.34. The van der Waals surface area contributed by atoms with E-state index in [0.29, 0.717) is 6.04 Å². The smallest absolute Gasteiger partial charge is 0.196 e. The number of benzene rings is 1. The molecule has 2 aliphatic rings. The molecule has 2 aliphatic heterocycles. The molecule has 5 heteroatoms. The van der Waals surface area contributed by atoms with Gasteiger partial charge in [0, 0.05) is 37.6 Å². The Labute approximate surface area is 134 Å². The number of hydrogen-bond acceptors (Lipinski definition) is 5. The zero-order chi connectivity index (χ0) is 15.2. The van der Waals surface area contributed by atoms with Crippen LogP contribution in [0, 0.1) is 0 Å². The summed E-state index contributed by atoms with van der Waals surface area (Å²) in [6, 6.07) is 8.65. The molecule has 0 spiro atoms. The number of anilines is 1. The molecule has 0 bridgehead atoms. The van der Waals surface area contributed by atoms with Crippen molar-refractivity contribution in [2.75, 3.05) is 31.1 Å². The van der Waals surface area contributed by atoms with Gasteiger partial charge in [-0.2, -0.15) is 0 Å². The summed E-state index contributed by atoms with van der Waals surface area (Å²) < 4.78 is 6.06. The first-order valence-corrected chi connectivity index (χ1v) is 8.16. The molecule has 0 unspecified atom stereocenters. The first kappa shape index (κ1) is 13.1. The number of nitrogens with zero attached hydrogens (tertiary/aromatic N) is 4. The number of fused-ring (bicyclic) bond motifs is 3. The standard InChI is InChI=1S/C18H18N4O/c1-2-6-15-14(5-1)16-17(23-15)18(20-12-19-16)22-10-7-13(11-22)21-8-3-4-9-21/h1-6,12-13H,7-11H2/t13-/m1/s1. The van der Waals surface area contributed by atoms with Gasteiger partial charge < -0.3 is 9.32 Å². The molecular weight excluding hydrogens is 288 g/mol. The molecule has 116 valence electrons. The predicted molar refractivity (Wildman–Crippen MR) is 90.6 cm³/mol. The van der Waals surface area contributed by atoms with E-state index in [2.05, 4.69) is 38.0 Å². The molecule has 0 amide bonds. The van der Waals surface area contributed by atoms with Crippen LogP contribution in [0.5, 0.6) is 0 Å². The van der Waals surface area contributed by atoms with Crippen LogP contribution in [0.25, 0.3) is 22.1 Å². The molecule has 0 saturated carbocycles. The maximum Gasteiger partial charge on any atom is 0.196 e. The third-order valence-electron chi connectivity index (χ3n) is 4.97. The molecule has 1 atom stereocenters. The van der Waals surface area contributed by atoms with E-state index in [4.69, 9.17) is 4.42 Å². The van der Waals surface area contributed by atoms with E-state index in [1.165, 1.54) is 6.42 Å². The predicted octanol–water partition coefficient (Wildman–Crippen LogP) is 2.83. The zero-order valence-electron chi connectivity index (χ0n) is 12.9. The van der Waals surface area contributed by atoms with Crippen LogP contribution in [0.2, 0.25) is 0 Å². The number of furan rings is 1. The van der Waals surface area contributed by atoms with Crippen LogP contribution in [0.4, 0.5) is 5.82 Å². The Bertz CT molecular complexity index is 892. The van der Waals surface area contributed by atoms with E-state index in [1.54, 1.807) is 6.33 Å². The van der Waals surface area contributed by atoms with Gasteiger partial charge in [0.2, 0.25) is 0 Å². The quantitative estimate of drug-likeness (QED) is 0.681. The Morgan fingerprint density at radius 3 is 2.87 bits per heavy atom. The summed E-state index contributed by atoms with van der Waals surface area (Å²) in [7, 11) is 0. The van der Waals surface area contributed by atoms with E-state index in [1.807, 2.05) is 18.2 Å². The van der Waals surface area contributed by atoms with Crippen molar-refractivity contribution < 1.29 is 4.42 Å². The second-order valence-electron chi connectivity index (χ2n) is 6.29. The lowest BCUT2D eigenvalue weighted by Crippen LogP contribution is -2.35. The first-order chi connectivity index (χ1) is 11.4. The summed E-state index contributed by atoms with van der Waals surface area (Å²) >= 11 is 0. The lowest BCUT2D eigenvalue weighted by molar-refractivity contribution is 0.271. The summed E-state index contributed by atoms with van der Waals surface area (Å²) in [6.45, 7) is 4.17.